The minimum absolute atomic E-state index is 0.616. The Morgan fingerprint density at radius 1 is 0.944 bits per heavy atom. The molecule has 0 atom stereocenters. The minimum Gasteiger partial charge on any atom is -0.177 e. The molecule has 0 saturated heterocycles. The maximum absolute atomic E-state index is 4.00. The molecule has 4 nitrogen and oxygen atoms in total. The fourth-order valence-electron chi connectivity index (χ4n) is 2.01. The quantitative estimate of drug-likeness (QED) is 0.744. The lowest BCUT2D eigenvalue weighted by atomic mass is 9.99. The average molecular weight is 236 g/mol. The number of nitrogens with zero attached hydrogens (tertiary/aromatic N) is 3. The molecule has 0 aliphatic heterocycles. The van der Waals surface area contributed by atoms with Crippen molar-refractivity contribution in [3.63, 3.8) is 0 Å². The summed E-state index contributed by atoms with van der Waals surface area (Å²) >= 11 is 0. The van der Waals surface area contributed by atoms with Gasteiger partial charge >= 0.3 is 0 Å². The predicted molar refractivity (Wildman–Crippen MR) is 69.8 cm³/mol. The van der Waals surface area contributed by atoms with E-state index in [-0.39, 0.29) is 0 Å². The zero-order chi connectivity index (χ0) is 12.4. The van der Waals surface area contributed by atoms with E-state index in [9.17, 15) is 0 Å². The second-order valence-corrected chi connectivity index (χ2v) is 4.13. The van der Waals surface area contributed by atoms with Crippen molar-refractivity contribution < 1.29 is 0 Å². The summed E-state index contributed by atoms with van der Waals surface area (Å²) in [5.74, 6) is 0.616. The van der Waals surface area contributed by atoms with Crippen LogP contribution in [0.15, 0.2) is 48.5 Å². The van der Waals surface area contributed by atoms with E-state index < -0.39 is 0 Å². The van der Waals surface area contributed by atoms with E-state index in [1.807, 2.05) is 24.3 Å². The van der Waals surface area contributed by atoms with Gasteiger partial charge in [-0.05, 0) is 34.9 Å². The topological polar surface area (TPSA) is 54.5 Å². The third-order valence-corrected chi connectivity index (χ3v) is 2.92. The van der Waals surface area contributed by atoms with Crippen LogP contribution >= 0.6 is 0 Å². The molecule has 18 heavy (non-hydrogen) atoms. The van der Waals surface area contributed by atoms with Gasteiger partial charge < -0.3 is 0 Å². The number of tetrazole rings is 1. The van der Waals surface area contributed by atoms with Crippen LogP contribution in [-0.4, -0.2) is 20.6 Å². The first-order valence-electron chi connectivity index (χ1n) is 5.74. The van der Waals surface area contributed by atoms with Gasteiger partial charge in [-0.2, -0.15) is 5.21 Å². The Balaban J connectivity index is 2.10. The van der Waals surface area contributed by atoms with Crippen molar-refractivity contribution in [3.8, 4) is 22.5 Å². The molecule has 1 N–H and O–H groups in total. The molecule has 3 rings (SSSR count). The van der Waals surface area contributed by atoms with Gasteiger partial charge in [-0.1, -0.05) is 42.5 Å². The van der Waals surface area contributed by atoms with E-state index in [2.05, 4.69) is 51.8 Å². The zero-order valence-electron chi connectivity index (χ0n) is 9.96. The Morgan fingerprint density at radius 2 is 1.78 bits per heavy atom. The fourth-order valence-corrected chi connectivity index (χ4v) is 2.01. The third-order valence-electron chi connectivity index (χ3n) is 2.92. The summed E-state index contributed by atoms with van der Waals surface area (Å²) in [6, 6.07) is 16.5. The van der Waals surface area contributed by atoms with Crippen molar-refractivity contribution in [3.05, 3.63) is 54.1 Å². The van der Waals surface area contributed by atoms with E-state index in [0.717, 1.165) is 11.1 Å². The zero-order valence-corrected chi connectivity index (χ0v) is 9.96. The van der Waals surface area contributed by atoms with Gasteiger partial charge in [0.1, 0.15) is 0 Å². The normalized spacial score (nSPS) is 10.5. The van der Waals surface area contributed by atoms with Crippen LogP contribution in [0.25, 0.3) is 22.5 Å². The highest BCUT2D eigenvalue weighted by Crippen LogP contribution is 2.26. The van der Waals surface area contributed by atoms with Crippen LogP contribution in [0.3, 0.4) is 0 Å². The molecule has 0 aliphatic rings. The minimum atomic E-state index is 0.616. The molecule has 0 radical (unpaired) electrons. The molecule has 1 heterocycles. The summed E-state index contributed by atoms with van der Waals surface area (Å²) in [4.78, 5) is 0. The van der Waals surface area contributed by atoms with Gasteiger partial charge in [-0.25, -0.2) is 0 Å². The van der Waals surface area contributed by atoms with Crippen LogP contribution < -0.4 is 0 Å². The van der Waals surface area contributed by atoms with Gasteiger partial charge in [0, 0.05) is 5.56 Å². The Kier molecular flexibility index (Phi) is 2.61. The van der Waals surface area contributed by atoms with Crippen molar-refractivity contribution in [2.45, 2.75) is 6.92 Å². The molecular weight excluding hydrogens is 224 g/mol. The number of rotatable bonds is 2. The predicted octanol–water partition coefficient (Wildman–Crippen LogP) is 2.84. The number of H-pyrrole nitrogens is 1. The number of hydrogen-bond acceptors (Lipinski definition) is 3. The van der Waals surface area contributed by atoms with Gasteiger partial charge in [-0.3, -0.25) is 0 Å². The fraction of sp³-hybridized carbons (Fsp3) is 0.0714. The SMILES string of the molecule is Cc1ccccc1-c1cccc(-c2nn[nH]n2)c1. The lowest BCUT2D eigenvalue weighted by molar-refractivity contribution is 0.881. The molecule has 4 heteroatoms. The van der Waals surface area contributed by atoms with Gasteiger partial charge in [0.2, 0.25) is 5.82 Å². The van der Waals surface area contributed by atoms with Crippen LogP contribution in [0, 0.1) is 6.92 Å². The van der Waals surface area contributed by atoms with E-state index in [0.29, 0.717) is 5.82 Å². The molecule has 0 unspecified atom stereocenters. The molecule has 88 valence electrons. The number of nitrogens with one attached hydrogen (secondary N) is 1. The first kappa shape index (κ1) is 10.7. The molecule has 0 amide bonds. The number of aryl methyl sites for hydroxylation is 1. The highest BCUT2D eigenvalue weighted by molar-refractivity contribution is 5.72. The monoisotopic (exact) mass is 236 g/mol. The highest BCUT2D eigenvalue weighted by Gasteiger charge is 2.06. The summed E-state index contributed by atoms with van der Waals surface area (Å²) in [5, 5.41) is 14.0. The molecule has 1 aromatic heterocycles. The Morgan fingerprint density at radius 3 is 2.56 bits per heavy atom. The molecule has 0 bridgehead atoms. The molecule has 0 spiro atoms. The maximum Gasteiger partial charge on any atom is 0.204 e. The molecule has 0 fully saturated rings. The van der Waals surface area contributed by atoms with Crippen LogP contribution in [0.2, 0.25) is 0 Å². The molecule has 0 aliphatic carbocycles. The molecule has 3 aromatic rings. The standard InChI is InChI=1S/C14H12N4/c1-10-5-2-3-8-13(10)11-6-4-7-12(9-11)14-15-17-18-16-14/h2-9H,1H3,(H,15,16,17,18). The van der Waals surface area contributed by atoms with E-state index in [1.54, 1.807) is 0 Å². The summed E-state index contributed by atoms with van der Waals surface area (Å²) in [6.45, 7) is 2.11. The lowest BCUT2D eigenvalue weighted by Crippen LogP contribution is -1.85. The van der Waals surface area contributed by atoms with Crippen molar-refractivity contribution in [2.24, 2.45) is 0 Å². The van der Waals surface area contributed by atoms with E-state index >= 15 is 0 Å². The summed E-state index contributed by atoms with van der Waals surface area (Å²) < 4.78 is 0. The number of hydrogen-bond donors (Lipinski definition) is 1. The van der Waals surface area contributed by atoms with Crippen LogP contribution in [0.5, 0.6) is 0 Å². The van der Waals surface area contributed by atoms with Gasteiger partial charge in [0.25, 0.3) is 0 Å². The second-order valence-electron chi connectivity index (χ2n) is 4.13. The van der Waals surface area contributed by atoms with Gasteiger partial charge in [-0.15, -0.1) is 10.2 Å². The van der Waals surface area contributed by atoms with Crippen molar-refractivity contribution in [2.75, 3.05) is 0 Å². The largest absolute Gasteiger partial charge is 0.204 e. The maximum atomic E-state index is 4.00. The van der Waals surface area contributed by atoms with Gasteiger partial charge in [0.15, 0.2) is 0 Å². The Labute approximate surface area is 105 Å². The van der Waals surface area contributed by atoms with Crippen molar-refractivity contribution >= 4 is 0 Å². The molecule has 2 aromatic carbocycles. The van der Waals surface area contributed by atoms with Crippen LogP contribution in [-0.2, 0) is 0 Å². The first-order chi connectivity index (χ1) is 8.84. The van der Waals surface area contributed by atoms with E-state index in [1.165, 1.54) is 11.1 Å². The second kappa shape index (κ2) is 4.41. The molecular formula is C14H12N4. The lowest BCUT2D eigenvalue weighted by Gasteiger charge is -2.06. The summed E-state index contributed by atoms with van der Waals surface area (Å²) in [5.41, 5.74) is 4.60. The van der Waals surface area contributed by atoms with Crippen LogP contribution in [0.4, 0.5) is 0 Å². The Hall–Kier alpha value is -2.49. The smallest absolute Gasteiger partial charge is 0.177 e. The average Bonchev–Trinajstić information content (AvgIpc) is 2.93. The summed E-state index contributed by atoms with van der Waals surface area (Å²) in [6.07, 6.45) is 0. The van der Waals surface area contributed by atoms with Crippen molar-refractivity contribution in [1.82, 2.24) is 20.6 Å². The van der Waals surface area contributed by atoms with E-state index in [4.69, 9.17) is 0 Å². The summed E-state index contributed by atoms with van der Waals surface area (Å²) in [7, 11) is 0. The van der Waals surface area contributed by atoms with Crippen LogP contribution in [0.1, 0.15) is 5.56 Å². The number of aromatic nitrogens is 4. The van der Waals surface area contributed by atoms with Crippen molar-refractivity contribution in [1.29, 1.82) is 0 Å². The highest BCUT2D eigenvalue weighted by atomic mass is 15.5. The first-order valence-corrected chi connectivity index (χ1v) is 5.74. The Bertz CT molecular complexity index is 659. The van der Waals surface area contributed by atoms with Gasteiger partial charge in [0.05, 0.1) is 0 Å². The third kappa shape index (κ3) is 1.88. The number of benzene rings is 2. The molecule has 0 saturated carbocycles. The number of aromatic amines is 1.